The molecule has 0 aliphatic carbocycles. The minimum Gasteiger partial charge on any atom is -0.478 e. The van der Waals surface area contributed by atoms with Crippen molar-refractivity contribution in [3.05, 3.63) is 160 Å². The van der Waals surface area contributed by atoms with Crippen LogP contribution in [0.2, 0.25) is 0 Å². The molecule has 0 bridgehead atoms. The highest BCUT2D eigenvalue weighted by molar-refractivity contribution is 9.08. The van der Waals surface area contributed by atoms with Crippen LogP contribution in [-0.2, 0) is 40.2 Å². The number of hydrogen-bond acceptors (Lipinski definition) is 8. The number of aromatic amines is 1. The average molecular weight is 894 g/mol. The summed E-state index contributed by atoms with van der Waals surface area (Å²) in [6.45, 7) is 7.11. The van der Waals surface area contributed by atoms with Crippen LogP contribution in [0.25, 0.3) is 0 Å². The van der Waals surface area contributed by atoms with Gasteiger partial charge in [-0.3, -0.25) is 14.5 Å². The first kappa shape index (κ1) is 47.1. The highest BCUT2D eigenvalue weighted by atomic mass is 79.9. The first-order chi connectivity index (χ1) is 27.9. The van der Waals surface area contributed by atoms with Gasteiger partial charge < -0.3 is 14.6 Å². The third-order valence-electron chi connectivity index (χ3n) is 7.47. The highest BCUT2D eigenvalue weighted by Crippen LogP contribution is 2.30. The van der Waals surface area contributed by atoms with E-state index < -0.39 is 29.4 Å². The molecule has 3 heterocycles. The number of aromatic carboxylic acids is 1. The molecule has 0 radical (unpaired) electrons. The van der Waals surface area contributed by atoms with Crippen LogP contribution in [-0.4, -0.2) is 66.0 Å². The lowest BCUT2D eigenvalue weighted by Crippen LogP contribution is -2.07. The summed E-state index contributed by atoms with van der Waals surface area (Å²) in [5.41, 5.74) is 3.01. The van der Waals surface area contributed by atoms with Crippen molar-refractivity contribution in [3.8, 4) is 0 Å². The number of carbonyl (C=O) groups excluding carboxylic acids is 2. The fourth-order valence-corrected chi connectivity index (χ4v) is 5.12. The van der Waals surface area contributed by atoms with Gasteiger partial charge in [-0.2, -0.15) is 41.6 Å². The molecular formula is C40H39BrF6N6O6. The van der Waals surface area contributed by atoms with Crippen LogP contribution in [0.3, 0.4) is 0 Å². The van der Waals surface area contributed by atoms with E-state index in [0.29, 0.717) is 47.3 Å². The zero-order valence-electron chi connectivity index (χ0n) is 31.8. The summed E-state index contributed by atoms with van der Waals surface area (Å²) < 4.78 is 86.4. The number of rotatable bonds is 10. The van der Waals surface area contributed by atoms with E-state index in [9.17, 15) is 40.7 Å². The van der Waals surface area contributed by atoms with Crippen molar-refractivity contribution in [1.82, 2.24) is 29.8 Å². The number of alkyl halides is 7. The normalized spacial score (nSPS) is 10.8. The molecule has 19 heteroatoms. The number of halogens is 7. The number of nitrogens with zero attached hydrogens (tertiary/aromatic N) is 5. The van der Waals surface area contributed by atoms with Gasteiger partial charge in [0.2, 0.25) is 0 Å². The monoisotopic (exact) mass is 892 g/mol. The summed E-state index contributed by atoms with van der Waals surface area (Å²) >= 11 is 3.09. The number of aromatic nitrogens is 6. The van der Waals surface area contributed by atoms with E-state index in [2.05, 4.69) is 60.1 Å². The number of nitrogens with one attached hydrogen (secondary N) is 1. The number of aryl methyl sites for hydroxylation is 1. The van der Waals surface area contributed by atoms with Crippen LogP contribution < -0.4 is 0 Å². The standard InChI is InChI=1S/C14H16N2O2.C12H9F3N2O2.C8H6BrF3.C6H8N2O2/c1-3-18-14(17)13-8-15-16(10-13)9-12-6-4-5-11(2)7-12;13-12(14,15)10-3-1-2-8(4-10)6-17-7-9(5-16-17)11(18)19;9-5-6-2-1-3-7(4-6)8(10,11)12;1-2-10-6(9)5-3-7-8-4-5/h4-8,10H,3,9H2,1-2H3;1-5,7H,6H2,(H,18,19);1-4H,5H2;3-4H,2H2,1H3,(H,7,8). The van der Waals surface area contributed by atoms with Gasteiger partial charge in [-0.15, -0.1) is 0 Å². The molecule has 59 heavy (non-hydrogen) atoms. The van der Waals surface area contributed by atoms with E-state index in [1.807, 2.05) is 12.1 Å². The van der Waals surface area contributed by atoms with Gasteiger partial charge >= 0.3 is 30.3 Å². The smallest absolute Gasteiger partial charge is 0.416 e. The van der Waals surface area contributed by atoms with Crippen LogP contribution in [0.15, 0.2) is 110 Å². The molecule has 0 aliphatic rings. The molecule has 0 fully saturated rings. The summed E-state index contributed by atoms with van der Waals surface area (Å²) in [7, 11) is 0. The van der Waals surface area contributed by atoms with Crippen LogP contribution in [0.1, 0.15) is 78.3 Å². The molecular weight excluding hydrogens is 854 g/mol. The van der Waals surface area contributed by atoms with E-state index in [4.69, 9.17) is 9.84 Å². The van der Waals surface area contributed by atoms with Crippen LogP contribution in [0, 0.1) is 6.92 Å². The Labute approximate surface area is 342 Å². The van der Waals surface area contributed by atoms with E-state index >= 15 is 0 Å². The van der Waals surface area contributed by atoms with Crippen molar-refractivity contribution in [2.24, 2.45) is 0 Å². The quantitative estimate of drug-likeness (QED) is 0.0778. The lowest BCUT2D eigenvalue weighted by atomic mass is 10.1. The lowest BCUT2D eigenvalue weighted by molar-refractivity contribution is -0.138. The maximum atomic E-state index is 12.5. The zero-order valence-corrected chi connectivity index (χ0v) is 33.4. The molecule has 2 N–H and O–H groups in total. The molecule has 3 aromatic heterocycles. The van der Waals surface area contributed by atoms with Gasteiger partial charge in [-0.1, -0.05) is 76.1 Å². The van der Waals surface area contributed by atoms with Crippen molar-refractivity contribution < 1.29 is 55.3 Å². The van der Waals surface area contributed by atoms with Crippen molar-refractivity contribution >= 4 is 33.8 Å². The largest absolute Gasteiger partial charge is 0.478 e. The van der Waals surface area contributed by atoms with E-state index in [1.165, 1.54) is 53.2 Å². The van der Waals surface area contributed by atoms with Gasteiger partial charge in [0, 0.05) is 23.9 Å². The van der Waals surface area contributed by atoms with Crippen molar-refractivity contribution in [2.45, 2.75) is 51.5 Å². The maximum Gasteiger partial charge on any atom is 0.416 e. The molecule has 0 atom stereocenters. The zero-order chi connectivity index (χ0) is 43.6. The van der Waals surface area contributed by atoms with Crippen LogP contribution in [0.4, 0.5) is 26.3 Å². The Morgan fingerprint density at radius 3 is 1.63 bits per heavy atom. The summed E-state index contributed by atoms with van der Waals surface area (Å²) in [5, 5.41) is 23.2. The predicted octanol–water partition coefficient (Wildman–Crippen LogP) is 9.25. The molecule has 0 amide bonds. The summed E-state index contributed by atoms with van der Waals surface area (Å²) in [6, 6.07) is 18.3. The van der Waals surface area contributed by atoms with Gasteiger partial charge in [0.1, 0.15) is 0 Å². The predicted molar refractivity (Wildman–Crippen MR) is 207 cm³/mol. The molecule has 0 saturated carbocycles. The number of carboxylic acids is 1. The van der Waals surface area contributed by atoms with Gasteiger partial charge in [0.15, 0.2) is 0 Å². The molecule has 6 rings (SSSR count). The second-order valence-corrected chi connectivity index (χ2v) is 12.7. The van der Waals surface area contributed by atoms with Crippen LogP contribution in [0.5, 0.6) is 0 Å². The first-order valence-electron chi connectivity index (χ1n) is 17.5. The number of benzene rings is 3. The molecule has 0 aliphatic heterocycles. The third kappa shape index (κ3) is 16.3. The molecule has 6 aromatic rings. The minimum atomic E-state index is -4.40. The molecule has 12 nitrogen and oxygen atoms in total. The Morgan fingerprint density at radius 2 is 1.17 bits per heavy atom. The van der Waals surface area contributed by atoms with E-state index in [0.717, 1.165) is 36.0 Å². The summed E-state index contributed by atoms with van der Waals surface area (Å²) in [6.07, 6.45) is -0.0484. The van der Waals surface area contributed by atoms with Crippen molar-refractivity contribution in [3.63, 3.8) is 0 Å². The van der Waals surface area contributed by atoms with Gasteiger partial charge in [0.25, 0.3) is 0 Å². The number of carbonyl (C=O) groups is 3. The average Bonchev–Trinajstić information content (AvgIpc) is 3.99. The summed E-state index contributed by atoms with van der Waals surface area (Å²) in [4.78, 5) is 33.0. The molecule has 314 valence electrons. The Bertz CT molecular complexity index is 2240. The minimum absolute atomic E-state index is 0.00743. The molecule has 0 unspecified atom stereocenters. The number of ether oxygens (including phenoxy) is 2. The second kappa shape index (κ2) is 22.6. The Hall–Kier alpha value is -6.24. The van der Waals surface area contributed by atoms with Crippen molar-refractivity contribution in [2.75, 3.05) is 13.2 Å². The molecule has 0 spiro atoms. The number of carboxylic acid groups (broad SMARTS) is 1. The number of H-pyrrole nitrogens is 1. The van der Waals surface area contributed by atoms with Crippen molar-refractivity contribution in [1.29, 1.82) is 0 Å². The first-order valence-corrected chi connectivity index (χ1v) is 18.6. The van der Waals surface area contributed by atoms with Crippen LogP contribution >= 0.6 is 15.9 Å². The highest BCUT2D eigenvalue weighted by Gasteiger charge is 2.31. The summed E-state index contributed by atoms with van der Waals surface area (Å²) in [5.74, 6) is -1.79. The fourth-order valence-electron chi connectivity index (χ4n) is 4.77. The second-order valence-electron chi connectivity index (χ2n) is 12.1. The Balaban J connectivity index is 0.000000217. The van der Waals surface area contributed by atoms with E-state index in [-0.39, 0.29) is 24.0 Å². The molecule has 3 aromatic carbocycles. The topological polar surface area (TPSA) is 154 Å². The fraction of sp³-hybridized carbons (Fsp3) is 0.250. The van der Waals surface area contributed by atoms with Gasteiger partial charge in [0.05, 0.1) is 72.7 Å². The number of esters is 2. The Kier molecular flexibility index (Phi) is 18.1. The molecule has 0 saturated heterocycles. The Morgan fingerprint density at radius 1 is 0.695 bits per heavy atom. The SMILES string of the molecule is CCOC(=O)c1cn[nH]c1.CCOC(=O)c1cnn(Cc2cccc(C)c2)c1.FC(F)(F)c1cccc(CBr)c1.O=C(O)c1cnn(Cc2cccc(C(F)(F)F)c2)c1. The van der Waals surface area contributed by atoms with Gasteiger partial charge in [-0.05, 0) is 55.7 Å². The number of hydrogen-bond donors (Lipinski definition) is 2. The third-order valence-corrected chi connectivity index (χ3v) is 8.12. The maximum absolute atomic E-state index is 12.5. The van der Waals surface area contributed by atoms with Gasteiger partial charge in [-0.25, -0.2) is 14.4 Å². The van der Waals surface area contributed by atoms with E-state index in [1.54, 1.807) is 30.8 Å². The lowest BCUT2D eigenvalue weighted by Gasteiger charge is -2.08.